The predicted molar refractivity (Wildman–Crippen MR) is 115 cm³/mol. The van der Waals surface area contributed by atoms with Crippen molar-refractivity contribution in [3.8, 4) is 5.75 Å². The molecule has 3 N–H and O–H groups in total. The molecule has 27 heavy (non-hydrogen) atoms. The van der Waals surface area contributed by atoms with Crippen molar-refractivity contribution in [3.63, 3.8) is 0 Å². The molecule has 0 aliphatic rings. The zero-order valence-electron chi connectivity index (χ0n) is 14.5. The fourth-order valence-electron chi connectivity index (χ4n) is 2.83. The number of fused-ring (bicyclic) bond motifs is 2. The van der Waals surface area contributed by atoms with Crippen molar-refractivity contribution in [3.05, 3.63) is 57.9 Å². The van der Waals surface area contributed by atoms with Crippen LogP contribution in [0.1, 0.15) is 16.6 Å². The Bertz CT molecular complexity index is 1160. The van der Waals surface area contributed by atoms with Crippen molar-refractivity contribution in [1.29, 1.82) is 0 Å². The Morgan fingerprint density at radius 3 is 2.74 bits per heavy atom. The number of nitrogen functional groups attached to an aromatic ring is 1. The average molecular weight is 442 g/mol. The number of nitrogens with two attached hydrogens (primary N) is 1. The highest BCUT2D eigenvalue weighted by Gasteiger charge is 2.18. The predicted octanol–water partition coefficient (Wildman–Crippen LogP) is 5.45. The molecule has 0 spiro atoms. The molecule has 0 unspecified atom stereocenters. The molecule has 0 radical (unpaired) electrons. The maximum atomic E-state index is 12.7. The molecule has 2 heterocycles. The Labute approximate surface area is 168 Å². The minimum Gasteiger partial charge on any atom is -0.494 e. The number of carbonyl (C=O) groups is 1. The molecule has 0 bridgehead atoms. The fraction of sp³-hybridized carbons (Fsp3) is 0.100. The summed E-state index contributed by atoms with van der Waals surface area (Å²) in [6.45, 7) is 2.54. The van der Waals surface area contributed by atoms with Crippen molar-refractivity contribution < 1.29 is 9.53 Å². The molecule has 0 aliphatic carbocycles. The zero-order valence-corrected chi connectivity index (χ0v) is 16.9. The monoisotopic (exact) mass is 441 g/mol. The molecule has 7 heteroatoms. The maximum absolute atomic E-state index is 12.7. The van der Waals surface area contributed by atoms with E-state index in [2.05, 4.69) is 26.2 Å². The van der Waals surface area contributed by atoms with Crippen molar-refractivity contribution in [2.45, 2.75) is 6.92 Å². The number of aromatic nitrogens is 1. The van der Waals surface area contributed by atoms with Gasteiger partial charge >= 0.3 is 0 Å². The van der Waals surface area contributed by atoms with E-state index in [9.17, 15) is 4.79 Å². The number of pyridine rings is 1. The normalized spacial score (nSPS) is 11.0. The first-order valence-electron chi connectivity index (χ1n) is 8.37. The SMILES string of the molecule is CCOc1ccc2nc3sc(C(=O)Nc4ccc(Br)cc4)c(N)c3cc2c1. The smallest absolute Gasteiger partial charge is 0.267 e. The number of hydrogen-bond acceptors (Lipinski definition) is 5. The highest BCUT2D eigenvalue weighted by atomic mass is 79.9. The first-order valence-corrected chi connectivity index (χ1v) is 9.98. The van der Waals surface area contributed by atoms with Crippen LogP contribution in [0.3, 0.4) is 0 Å². The van der Waals surface area contributed by atoms with Gasteiger partial charge in [-0.05, 0) is 55.5 Å². The lowest BCUT2D eigenvalue weighted by molar-refractivity contribution is 0.103. The molecule has 4 rings (SSSR count). The molecule has 0 saturated carbocycles. The van der Waals surface area contributed by atoms with Gasteiger partial charge in [0.05, 0.1) is 17.8 Å². The van der Waals surface area contributed by atoms with Gasteiger partial charge in [0.2, 0.25) is 0 Å². The molecule has 2 aromatic carbocycles. The molecule has 5 nitrogen and oxygen atoms in total. The van der Waals surface area contributed by atoms with Gasteiger partial charge in [-0.2, -0.15) is 0 Å². The van der Waals surface area contributed by atoms with E-state index in [4.69, 9.17) is 10.5 Å². The van der Waals surface area contributed by atoms with E-state index in [-0.39, 0.29) is 5.91 Å². The van der Waals surface area contributed by atoms with E-state index in [0.29, 0.717) is 22.9 Å². The van der Waals surface area contributed by atoms with Crippen LogP contribution in [0, 0.1) is 0 Å². The number of nitrogens with zero attached hydrogens (tertiary/aromatic N) is 1. The number of carbonyl (C=O) groups excluding carboxylic acids is 1. The van der Waals surface area contributed by atoms with Crippen LogP contribution in [0.25, 0.3) is 21.1 Å². The topological polar surface area (TPSA) is 77.2 Å². The van der Waals surface area contributed by atoms with Gasteiger partial charge < -0.3 is 15.8 Å². The maximum Gasteiger partial charge on any atom is 0.267 e. The second-order valence-corrected chi connectivity index (χ2v) is 7.85. The summed E-state index contributed by atoms with van der Waals surface area (Å²) < 4.78 is 6.50. The van der Waals surface area contributed by atoms with Crippen LogP contribution in [0.15, 0.2) is 53.0 Å². The third-order valence-corrected chi connectivity index (χ3v) is 5.75. The van der Waals surface area contributed by atoms with Gasteiger partial charge in [0.25, 0.3) is 5.91 Å². The number of amides is 1. The first kappa shape index (κ1) is 17.8. The summed E-state index contributed by atoms with van der Waals surface area (Å²) in [7, 11) is 0. The number of thiophene rings is 1. The second kappa shape index (κ2) is 7.17. The van der Waals surface area contributed by atoms with Crippen LogP contribution in [0.2, 0.25) is 0 Å². The summed E-state index contributed by atoms with van der Waals surface area (Å²) in [4.78, 5) is 18.5. The quantitative estimate of drug-likeness (QED) is 0.441. The molecule has 4 aromatic rings. The van der Waals surface area contributed by atoms with Crippen molar-refractivity contribution >= 4 is 65.7 Å². The molecular weight excluding hydrogens is 426 g/mol. The Kier molecular flexibility index (Phi) is 4.72. The van der Waals surface area contributed by atoms with E-state index in [0.717, 1.165) is 31.3 Å². The Morgan fingerprint density at radius 1 is 1.22 bits per heavy atom. The first-order chi connectivity index (χ1) is 13.0. The van der Waals surface area contributed by atoms with E-state index >= 15 is 0 Å². The summed E-state index contributed by atoms with van der Waals surface area (Å²) in [5, 5.41) is 4.59. The Hall–Kier alpha value is -2.64. The van der Waals surface area contributed by atoms with Crippen LogP contribution in [0.4, 0.5) is 11.4 Å². The molecule has 0 aliphatic heterocycles. The minimum absolute atomic E-state index is 0.239. The van der Waals surface area contributed by atoms with Gasteiger partial charge in [0, 0.05) is 20.9 Å². The van der Waals surface area contributed by atoms with Crippen LogP contribution in [-0.2, 0) is 0 Å². The summed E-state index contributed by atoms with van der Waals surface area (Å²) in [5.41, 5.74) is 8.27. The summed E-state index contributed by atoms with van der Waals surface area (Å²) >= 11 is 4.67. The Balaban J connectivity index is 1.72. The van der Waals surface area contributed by atoms with Gasteiger partial charge in [-0.1, -0.05) is 15.9 Å². The van der Waals surface area contributed by atoms with Crippen LogP contribution >= 0.6 is 27.3 Å². The zero-order chi connectivity index (χ0) is 19.0. The number of rotatable bonds is 4. The minimum atomic E-state index is -0.239. The van der Waals surface area contributed by atoms with Gasteiger partial charge in [-0.15, -0.1) is 11.3 Å². The summed E-state index contributed by atoms with van der Waals surface area (Å²) in [6.07, 6.45) is 0. The molecule has 0 atom stereocenters. The van der Waals surface area contributed by atoms with Crippen LogP contribution in [-0.4, -0.2) is 17.5 Å². The molecule has 2 aromatic heterocycles. The molecule has 0 fully saturated rings. The molecule has 1 amide bonds. The molecule has 136 valence electrons. The lowest BCUT2D eigenvalue weighted by Gasteiger charge is -2.05. The van der Waals surface area contributed by atoms with Crippen LogP contribution in [0.5, 0.6) is 5.75 Å². The number of hydrogen-bond donors (Lipinski definition) is 2. The van der Waals surface area contributed by atoms with Gasteiger partial charge in [0.15, 0.2) is 0 Å². The van der Waals surface area contributed by atoms with Gasteiger partial charge in [0.1, 0.15) is 15.5 Å². The van der Waals surface area contributed by atoms with Crippen molar-refractivity contribution in [1.82, 2.24) is 4.98 Å². The number of ether oxygens (including phenoxy) is 1. The fourth-order valence-corrected chi connectivity index (χ4v) is 4.07. The summed E-state index contributed by atoms with van der Waals surface area (Å²) in [5.74, 6) is 0.546. The Morgan fingerprint density at radius 2 is 2.00 bits per heavy atom. The highest BCUT2D eigenvalue weighted by Crippen LogP contribution is 2.35. The van der Waals surface area contributed by atoms with E-state index < -0.39 is 0 Å². The van der Waals surface area contributed by atoms with Gasteiger partial charge in [-0.3, -0.25) is 4.79 Å². The number of nitrogens with one attached hydrogen (secondary N) is 1. The highest BCUT2D eigenvalue weighted by molar-refractivity contribution is 9.10. The number of anilines is 2. The van der Waals surface area contributed by atoms with Crippen molar-refractivity contribution in [2.24, 2.45) is 0 Å². The number of benzene rings is 2. The third kappa shape index (κ3) is 3.48. The van der Waals surface area contributed by atoms with Gasteiger partial charge in [-0.25, -0.2) is 4.98 Å². The molecular formula is C20H16BrN3O2S. The largest absolute Gasteiger partial charge is 0.494 e. The average Bonchev–Trinajstić information content (AvgIpc) is 2.98. The van der Waals surface area contributed by atoms with Crippen molar-refractivity contribution in [2.75, 3.05) is 17.7 Å². The lowest BCUT2D eigenvalue weighted by atomic mass is 10.1. The third-order valence-electron chi connectivity index (χ3n) is 4.10. The summed E-state index contributed by atoms with van der Waals surface area (Å²) in [6, 6.07) is 15.1. The lowest BCUT2D eigenvalue weighted by Crippen LogP contribution is -2.11. The van der Waals surface area contributed by atoms with E-state index in [1.807, 2.05) is 55.5 Å². The van der Waals surface area contributed by atoms with E-state index in [1.54, 1.807) is 0 Å². The number of halogens is 1. The second-order valence-electron chi connectivity index (χ2n) is 5.93. The molecule has 0 saturated heterocycles. The van der Waals surface area contributed by atoms with Crippen LogP contribution < -0.4 is 15.8 Å². The van der Waals surface area contributed by atoms with E-state index in [1.165, 1.54) is 11.3 Å². The standard InChI is InChI=1S/C20H16BrN3O2S/c1-2-26-14-7-8-16-11(9-14)10-15-17(22)18(27-20(15)24-16)19(25)23-13-5-3-12(21)4-6-13/h3-10H,2,22H2,1H3,(H,23,25).